The summed E-state index contributed by atoms with van der Waals surface area (Å²) in [5.41, 5.74) is 2.65. The molecule has 2 atom stereocenters. The van der Waals surface area contributed by atoms with Crippen LogP contribution in [0.1, 0.15) is 23.6 Å². The maximum Gasteiger partial charge on any atom is 0.0477 e. The highest BCUT2D eigenvalue weighted by molar-refractivity contribution is 5.29. The molecule has 0 radical (unpaired) electrons. The molecule has 1 aliphatic rings. The van der Waals surface area contributed by atoms with E-state index in [9.17, 15) is 5.11 Å². The van der Waals surface area contributed by atoms with Crippen molar-refractivity contribution >= 4 is 0 Å². The maximum absolute atomic E-state index is 9.25. The summed E-state index contributed by atoms with van der Waals surface area (Å²) >= 11 is 0. The highest BCUT2D eigenvalue weighted by atomic mass is 16.3. The second kappa shape index (κ2) is 4.11. The van der Waals surface area contributed by atoms with Crippen molar-refractivity contribution in [2.24, 2.45) is 5.92 Å². The van der Waals surface area contributed by atoms with Gasteiger partial charge in [0.25, 0.3) is 0 Å². The average molecular weight is 191 g/mol. The lowest BCUT2D eigenvalue weighted by Gasteiger charge is -2.19. The van der Waals surface area contributed by atoms with E-state index >= 15 is 0 Å². The van der Waals surface area contributed by atoms with Crippen LogP contribution in [-0.4, -0.2) is 18.3 Å². The third-order valence-corrected chi connectivity index (χ3v) is 3.11. The van der Waals surface area contributed by atoms with Crippen molar-refractivity contribution in [3.63, 3.8) is 0 Å². The Morgan fingerprint density at radius 3 is 2.93 bits per heavy atom. The van der Waals surface area contributed by atoms with Crippen LogP contribution in [-0.2, 0) is 0 Å². The van der Waals surface area contributed by atoms with Gasteiger partial charge in [-0.05, 0) is 31.0 Å². The van der Waals surface area contributed by atoms with Crippen LogP contribution in [0.4, 0.5) is 0 Å². The van der Waals surface area contributed by atoms with E-state index in [1.54, 1.807) is 0 Å². The van der Waals surface area contributed by atoms with Crippen LogP contribution in [0.25, 0.3) is 0 Å². The summed E-state index contributed by atoms with van der Waals surface area (Å²) in [6, 6.07) is 8.75. The largest absolute Gasteiger partial charge is 0.396 e. The molecular formula is C12H17NO. The molecule has 1 aromatic carbocycles. The minimum Gasteiger partial charge on any atom is -0.396 e. The minimum absolute atomic E-state index is 0.284. The van der Waals surface area contributed by atoms with Crippen LogP contribution in [0.3, 0.4) is 0 Å². The Bertz CT molecular complexity index is 311. The predicted molar refractivity (Wildman–Crippen MR) is 57.1 cm³/mol. The molecule has 2 rings (SSSR count). The topological polar surface area (TPSA) is 32.3 Å². The van der Waals surface area contributed by atoms with Crippen LogP contribution in [0.15, 0.2) is 24.3 Å². The van der Waals surface area contributed by atoms with Crippen molar-refractivity contribution in [1.29, 1.82) is 0 Å². The summed E-state index contributed by atoms with van der Waals surface area (Å²) in [7, 11) is 0. The lowest BCUT2D eigenvalue weighted by atomic mass is 9.92. The Morgan fingerprint density at radius 2 is 2.21 bits per heavy atom. The van der Waals surface area contributed by atoms with Gasteiger partial charge in [0.2, 0.25) is 0 Å². The molecule has 0 saturated carbocycles. The second-order valence-electron chi connectivity index (χ2n) is 4.02. The van der Waals surface area contributed by atoms with Gasteiger partial charge in [0.15, 0.2) is 0 Å². The number of aryl methyl sites for hydroxylation is 1. The molecule has 1 aromatic rings. The van der Waals surface area contributed by atoms with Gasteiger partial charge >= 0.3 is 0 Å². The minimum atomic E-state index is 0.284. The highest BCUT2D eigenvalue weighted by Gasteiger charge is 2.27. The molecule has 0 bridgehead atoms. The third kappa shape index (κ3) is 1.68. The van der Waals surface area contributed by atoms with Crippen LogP contribution >= 0.6 is 0 Å². The molecule has 2 N–H and O–H groups in total. The molecule has 2 heteroatoms. The van der Waals surface area contributed by atoms with Crippen molar-refractivity contribution in [1.82, 2.24) is 5.32 Å². The molecule has 1 aliphatic heterocycles. The van der Waals surface area contributed by atoms with Gasteiger partial charge in [-0.1, -0.05) is 24.3 Å². The fourth-order valence-electron chi connectivity index (χ4n) is 2.25. The second-order valence-corrected chi connectivity index (χ2v) is 4.02. The van der Waals surface area contributed by atoms with E-state index in [-0.39, 0.29) is 6.61 Å². The maximum atomic E-state index is 9.25. The molecule has 2 unspecified atom stereocenters. The first-order chi connectivity index (χ1) is 6.83. The van der Waals surface area contributed by atoms with E-state index in [0.717, 1.165) is 13.0 Å². The summed E-state index contributed by atoms with van der Waals surface area (Å²) in [5, 5.41) is 12.7. The number of hydrogen-bond donors (Lipinski definition) is 2. The highest BCUT2D eigenvalue weighted by Crippen LogP contribution is 2.30. The number of hydrogen-bond acceptors (Lipinski definition) is 2. The SMILES string of the molecule is Cc1ccccc1C1NCCC1CO. The summed E-state index contributed by atoms with van der Waals surface area (Å²) in [6.07, 6.45) is 1.08. The first kappa shape index (κ1) is 9.69. The molecule has 0 aromatic heterocycles. The molecule has 1 heterocycles. The smallest absolute Gasteiger partial charge is 0.0477 e. The van der Waals surface area contributed by atoms with E-state index in [1.165, 1.54) is 11.1 Å². The van der Waals surface area contributed by atoms with Gasteiger partial charge in [-0.25, -0.2) is 0 Å². The number of rotatable bonds is 2. The zero-order chi connectivity index (χ0) is 9.97. The number of aliphatic hydroxyl groups is 1. The monoisotopic (exact) mass is 191 g/mol. The van der Waals surface area contributed by atoms with Crippen molar-refractivity contribution < 1.29 is 5.11 Å². The lowest BCUT2D eigenvalue weighted by molar-refractivity contribution is 0.214. The standard InChI is InChI=1S/C12H17NO/c1-9-4-2-3-5-11(9)12-10(8-14)6-7-13-12/h2-5,10,12-14H,6-8H2,1H3. The third-order valence-electron chi connectivity index (χ3n) is 3.11. The fraction of sp³-hybridized carbons (Fsp3) is 0.500. The van der Waals surface area contributed by atoms with Gasteiger partial charge in [-0.3, -0.25) is 0 Å². The van der Waals surface area contributed by atoms with E-state index in [4.69, 9.17) is 0 Å². The van der Waals surface area contributed by atoms with Crippen LogP contribution in [0.2, 0.25) is 0 Å². The number of nitrogens with one attached hydrogen (secondary N) is 1. The van der Waals surface area contributed by atoms with Crippen molar-refractivity contribution in [2.75, 3.05) is 13.2 Å². The Morgan fingerprint density at radius 1 is 1.43 bits per heavy atom. The molecule has 0 amide bonds. The van der Waals surface area contributed by atoms with Gasteiger partial charge in [0.05, 0.1) is 0 Å². The van der Waals surface area contributed by atoms with Crippen LogP contribution in [0.5, 0.6) is 0 Å². The fourth-order valence-corrected chi connectivity index (χ4v) is 2.25. The predicted octanol–water partition coefficient (Wildman–Crippen LogP) is 1.64. The summed E-state index contributed by atoms with van der Waals surface area (Å²) in [6.45, 7) is 3.43. The molecule has 0 spiro atoms. The van der Waals surface area contributed by atoms with Crippen molar-refractivity contribution in [3.8, 4) is 0 Å². The summed E-state index contributed by atoms with van der Waals surface area (Å²) in [5.74, 6) is 0.385. The first-order valence-electron chi connectivity index (χ1n) is 5.22. The zero-order valence-electron chi connectivity index (χ0n) is 8.53. The summed E-state index contributed by atoms with van der Waals surface area (Å²) in [4.78, 5) is 0. The summed E-state index contributed by atoms with van der Waals surface area (Å²) < 4.78 is 0. The first-order valence-corrected chi connectivity index (χ1v) is 5.22. The molecule has 1 saturated heterocycles. The van der Waals surface area contributed by atoms with Gasteiger partial charge in [0.1, 0.15) is 0 Å². The molecule has 76 valence electrons. The molecular weight excluding hydrogens is 174 g/mol. The lowest BCUT2D eigenvalue weighted by Crippen LogP contribution is -2.20. The van der Waals surface area contributed by atoms with Crippen molar-refractivity contribution in [2.45, 2.75) is 19.4 Å². The van der Waals surface area contributed by atoms with Crippen LogP contribution in [0, 0.1) is 12.8 Å². The average Bonchev–Trinajstić information content (AvgIpc) is 2.66. The molecule has 0 aliphatic carbocycles. The van der Waals surface area contributed by atoms with Gasteiger partial charge < -0.3 is 10.4 Å². The Kier molecular flexibility index (Phi) is 2.85. The quantitative estimate of drug-likeness (QED) is 0.744. The van der Waals surface area contributed by atoms with Gasteiger partial charge in [-0.15, -0.1) is 0 Å². The van der Waals surface area contributed by atoms with E-state index in [0.29, 0.717) is 12.0 Å². The molecule has 1 fully saturated rings. The molecule has 14 heavy (non-hydrogen) atoms. The number of aliphatic hydroxyl groups excluding tert-OH is 1. The number of benzene rings is 1. The Hall–Kier alpha value is -0.860. The zero-order valence-corrected chi connectivity index (χ0v) is 8.53. The van der Waals surface area contributed by atoms with E-state index < -0.39 is 0 Å². The normalized spacial score (nSPS) is 26.7. The Balaban J connectivity index is 2.26. The Labute approximate surface area is 85.0 Å². The van der Waals surface area contributed by atoms with Gasteiger partial charge in [-0.2, -0.15) is 0 Å². The molecule has 2 nitrogen and oxygen atoms in total. The van der Waals surface area contributed by atoms with Crippen molar-refractivity contribution in [3.05, 3.63) is 35.4 Å². The van der Waals surface area contributed by atoms with Crippen LogP contribution < -0.4 is 5.32 Å². The van der Waals surface area contributed by atoms with E-state index in [2.05, 4.69) is 36.5 Å². The van der Waals surface area contributed by atoms with E-state index in [1.807, 2.05) is 0 Å². The van der Waals surface area contributed by atoms with Gasteiger partial charge in [0, 0.05) is 18.6 Å².